The summed E-state index contributed by atoms with van der Waals surface area (Å²) in [6.45, 7) is 2.67. The molecule has 2 amide bonds. The normalized spacial score (nSPS) is 20.0. The van der Waals surface area contributed by atoms with Crippen LogP contribution in [0.25, 0.3) is 0 Å². The molecule has 2 aliphatic rings. The standard InChI is InChI=1S/C20H22N6O4S2/c1-2-25-10-22-24-20(25)32-9-12-8-31-18-15(17(28)26(18)16(12)19(29)30)23-14(27)7-11-5-3-4-6-13(11)21/h3-6,10,15,18H,2,7-9,21H2,1H3,(H,23,27)(H,29,30)/t15?,18-/m0/s1. The minimum Gasteiger partial charge on any atom is -0.477 e. The first-order valence-electron chi connectivity index (χ1n) is 9.94. The number of para-hydroxylation sites is 1. The van der Waals surface area contributed by atoms with Crippen LogP contribution in [0, 0.1) is 0 Å². The number of hydrogen-bond donors (Lipinski definition) is 3. The molecular formula is C20H22N6O4S2. The van der Waals surface area contributed by atoms with Crippen LogP contribution in [0.5, 0.6) is 0 Å². The van der Waals surface area contributed by atoms with Gasteiger partial charge in [-0.1, -0.05) is 30.0 Å². The molecule has 2 aromatic rings. The van der Waals surface area contributed by atoms with Crippen molar-refractivity contribution >= 4 is 47.0 Å². The summed E-state index contributed by atoms with van der Waals surface area (Å²) in [6, 6.07) is 6.28. The van der Waals surface area contributed by atoms with Crippen molar-refractivity contribution in [3.63, 3.8) is 0 Å². The Morgan fingerprint density at radius 2 is 2.16 bits per heavy atom. The summed E-state index contributed by atoms with van der Waals surface area (Å²) < 4.78 is 1.87. The van der Waals surface area contributed by atoms with Crippen LogP contribution in [-0.2, 0) is 27.3 Å². The van der Waals surface area contributed by atoms with Crippen molar-refractivity contribution < 1.29 is 19.5 Å². The van der Waals surface area contributed by atoms with Crippen LogP contribution in [0.1, 0.15) is 12.5 Å². The van der Waals surface area contributed by atoms with Gasteiger partial charge in [-0.05, 0) is 24.1 Å². The summed E-state index contributed by atoms with van der Waals surface area (Å²) in [5.41, 5.74) is 7.71. The van der Waals surface area contributed by atoms with E-state index < -0.39 is 23.3 Å². The Morgan fingerprint density at radius 1 is 1.38 bits per heavy atom. The number of nitrogens with one attached hydrogen (secondary N) is 1. The fourth-order valence-corrected chi connectivity index (χ4v) is 6.08. The highest BCUT2D eigenvalue weighted by atomic mass is 32.2. The Morgan fingerprint density at radius 3 is 2.88 bits per heavy atom. The summed E-state index contributed by atoms with van der Waals surface area (Å²) in [4.78, 5) is 38.5. The predicted molar refractivity (Wildman–Crippen MR) is 121 cm³/mol. The highest BCUT2D eigenvalue weighted by Crippen LogP contribution is 2.41. The zero-order valence-electron chi connectivity index (χ0n) is 17.2. The summed E-state index contributed by atoms with van der Waals surface area (Å²) >= 11 is 2.82. The topological polar surface area (TPSA) is 143 Å². The molecule has 32 heavy (non-hydrogen) atoms. The van der Waals surface area contributed by atoms with E-state index in [1.54, 1.807) is 30.6 Å². The molecule has 1 unspecified atom stereocenters. The van der Waals surface area contributed by atoms with E-state index in [-0.39, 0.29) is 18.0 Å². The van der Waals surface area contributed by atoms with Crippen LogP contribution < -0.4 is 11.1 Å². The molecule has 0 saturated carbocycles. The molecule has 1 saturated heterocycles. The molecule has 0 spiro atoms. The van der Waals surface area contributed by atoms with E-state index in [0.29, 0.717) is 40.0 Å². The lowest BCUT2D eigenvalue weighted by Crippen LogP contribution is -2.70. The van der Waals surface area contributed by atoms with Crippen LogP contribution in [-0.4, -0.2) is 65.5 Å². The van der Waals surface area contributed by atoms with Gasteiger partial charge >= 0.3 is 5.97 Å². The van der Waals surface area contributed by atoms with E-state index in [0.717, 1.165) is 0 Å². The molecular weight excluding hydrogens is 452 g/mol. The van der Waals surface area contributed by atoms with Crippen LogP contribution in [0.4, 0.5) is 5.69 Å². The minimum atomic E-state index is -1.15. The molecule has 0 radical (unpaired) electrons. The third-order valence-electron chi connectivity index (χ3n) is 5.27. The first kappa shape index (κ1) is 22.2. The molecule has 1 aromatic carbocycles. The number of fused-ring (bicyclic) bond motifs is 1. The lowest BCUT2D eigenvalue weighted by atomic mass is 10.0. The van der Waals surface area contributed by atoms with Crippen LogP contribution in [0.15, 0.2) is 47.0 Å². The molecule has 1 fully saturated rings. The number of thioether (sulfide) groups is 2. The molecule has 4 N–H and O–H groups in total. The van der Waals surface area contributed by atoms with E-state index in [1.807, 2.05) is 11.5 Å². The average Bonchev–Trinajstić information content (AvgIpc) is 3.24. The fraction of sp³-hybridized carbons (Fsp3) is 0.350. The third kappa shape index (κ3) is 4.19. The number of nitrogen functional groups attached to an aromatic ring is 1. The average molecular weight is 475 g/mol. The molecule has 1 aromatic heterocycles. The number of carboxylic acids is 1. The number of nitrogens with zero attached hydrogens (tertiary/aromatic N) is 4. The third-order valence-corrected chi connectivity index (χ3v) is 7.68. The van der Waals surface area contributed by atoms with Crippen LogP contribution >= 0.6 is 23.5 Å². The van der Waals surface area contributed by atoms with Crippen molar-refractivity contribution in [3.05, 3.63) is 47.4 Å². The van der Waals surface area contributed by atoms with E-state index in [2.05, 4.69) is 15.5 Å². The Balaban J connectivity index is 1.44. The quantitative estimate of drug-likeness (QED) is 0.289. The lowest BCUT2D eigenvalue weighted by molar-refractivity contribution is -0.150. The molecule has 0 aliphatic carbocycles. The second-order valence-electron chi connectivity index (χ2n) is 7.28. The molecule has 2 atom stereocenters. The van der Waals surface area contributed by atoms with E-state index >= 15 is 0 Å². The van der Waals surface area contributed by atoms with Gasteiger partial charge in [0.25, 0.3) is 5.91 Å². The molecule has 168 valence electrons. The van der Waals surface area contributed by atoms with Gasteiger partial charge in [0.05, 0.1) is 6.42 Å². The van der Waals surface area contributed by atoms with Crippen LogP contribution in [0.2, 0.25) is 0 Å². The van der Waals surface area contributed by atoms with E-state index in [4.69, 9.17) is 5.73 Å². The molecule has 12 heteroatoms. The van der Waals surface area contributed by atoms with Gasteiger partial charge in [0, 0.05) is 23.7 Å². The number of aromatic nitrogens is 3. The van der Waals surface area contributed by atoms with E-state index in [9.17, 15) is 19.5 Å². The van der Waals surface area contributed by atoms with Crippen molar-refractivity contribution in [3.8, 4) is 0 Å². The SMILES string of the molecule is CCn1cnnc1SCC1=C(C(=O)O)N2C(=O)C(NC(=O)Cc3ccccc3N)[C@@H]2SC1. The maximum Gasteiger partial charge on any atom is 0.352 e. The Bertz CT molecular complexity index is 1100. The van der Waals surface area contributed by atoms with Gasteiger partial charge in [0.1, 0.15) is 23.4 Å². The van der Waals surface area contributed by atoms with Gasteiger partial charge < -0.3 is 20.7 Å². The number of carboxylic acid groups (broad SMARTS) is 1. The second-order valence-corrected chi connectivity index (χ2v) is 9.32. The highest BCUT2D eigenvalue weighted by molar-refractivity contribution is 8.01. The van der Waals surface area contributed by atoms with Gasteiger partial charge in [0.2, 0.25) is 5.91 Å². The summed E-state index contributed by atoms with van der Waals surface area (Å²) in [7, 11) is 0. The number of amides is 2. The number of carbonyl (C=O) groups excluding carboxylic acids is 2. The van der Waals surface area contributed by atoms with Crippen molar-refractivity contribution in [2.24, 2.45) is 0 Å². The Kier molecular flexibility index (Phi) is 6.42. The molecule has 2 aliphatic heterocycles. The largest absolute Gasteiger partial charge is 0.477 e. The summed E-state index contributed by atoms with van der Waals surface area (Å²) in [6.07, 6.45) is 1.67. The van der Waals surface area contributed by atoms with Crippen LogP contribution in [0.3, 0.4) is 0 Å². The molecule has 10 nitrogen and oxygen atoms in total. The molecule has 4 rings (SSSR count). The second kappa shape index (κ2) is 9.25. The summed E-state index contributed by atoms with van der Waals surface area (Å²) in [5.74, 6) is -1.08. The van der Waals surface area contributed by atoms with Gasteiger partial charge in [-0.15, -0.1) is 22.0 Å². The first-order valence-corrected chi connectivity index (χ1v) is 12.0. The summed E-state index contributed by atoms with van der Waals surface area (Å²) in [5, 5.41) is 20.7. The van der Waals surface area contributed by atoms with Crippen molar-refractivity contribution in [2.75, 3.05) is 17.2 Å². The number of hydrogen-bond acceptors (Lipinski definition) is 8. The zero-order chi connectivity index (χ0) is 22.8. The smallest absolute Gasteiger partial charge is 0.352 e. The number of aliphatic carboxylic acids is 1. The number of benzene rings is 1. The van der Waals surface area contributed by atoms with Gasteiger partial charge in [-0.3, -0.25) is 14.5 Å². The zero-order valence-corrected chi connectivity index (χ0v) is 18.9. The van der Waals surface area contributed by atoms with Crippen molar-refractivity contribution in [1.29, 1.82) is 0 Å². The predicted octanol–water partition coefficient (Wildman–Crippen LogP) is 0.954. The maximum atomic E-state index is 12.8. The number of anilines is 1. The van der Waals surface area contributed by atoms with E-state index in [1.165, 1.54) is 28.4 Å². The number of aryl methyl sites for hydroxylation is 1. The van der Waals surface area contributed by atoms with Crippen molar-refractivity contribution in [2.45, 2.75) is 36.5 Å². The number of nitrogens with two attached hydrogens (primary N) is 1. The number of rotatable bonds is 8. The Hall–Kier alpha value is -2.99. The number of carbonyl (C=O) groups is 3. The molecule has 0 bridgehead atoms. The first-order chi connectivity index (χ1) is 15.4. The number of β-lactam (4-membered cyclic amide) rings is 1. The van der Waals surface area contributed by atoms with Gasteiger partial charge in [0.15, 0.2) is 5.16 Å². The molecule has 3 heterocycles. The minimum absolute atomic E-state index is 0.00776. The van der Waals surface area contributed by atoms with Crippen molar-refractivity contribution in [1.82, 2.24) is 25.0 Å². The monoisotopic (exact) mass is 474 g/mol. The maximum absolute atomic E-state index is 12.8. The lowest BCUT2D eigenvalue weighted by Gasteiger charge is -2.49. The Labute approximate surface area is 192 Å². The fourth-order valence-electron chi connectivity index (χ4n) is 3.61. The highest BCUT2D eigenvalue weighted by Gasteiger charge is 2.54. The van der Waals surface area contributed by atoms with Gasteiger partial charge in [-0.2, -0.15) is 0 Å². The van der Waals surface area contributed by atoms with Gasteiger partial charge in [-0.25, -0.2) is 4.79 Å².